The number of nitrogens with two attached hydrogens (primary N) is 1. The van der Waals surface area contributed by atoms with E-state index in [4.69, 9.17) is 5.73 Å². The largest absolute Gasteiger partial charge is 0.378 e. The van der Waals surface area contributed by atoms with Crippen LogP contribution in [0.4, 0.5) is 0 Å². The Hall–Kier alpha value is -0.120. The molecule has 6 unspecified atom stereocenters. The quantitative estimate of drug-likeness (QED) is 0.622. The standard InChI is InChI=1S/C13H26N2O/c1-8-4-9-5-10(11(8)15-3)7-13(2,6-9)12(14)16/h8-12,15-16H,4-7,14H2,1-3H3. The second kappa shape index (κ2) is 4.28. The zero-order valence-corrected chi connectivity index (χ0v) is 10.7. The molecule has 2 saturated carbocycles. The lowest BCUT2D eigenvalue weighted by molar-refractivity contribution is -0.0536. The Kier molecular flexibility index (Phi) is 3.30. The highest BCUT2D eigenvalue weighted by molar-refractivity contribution is 4.98. The topological polar surface area (TPSA) is 58.3 Å². The SMILES string of the molecule is CNC1C(C)CC2CC1CC(C)(C(N)O)C2. The van der Waals surface area contributed by atoms with E-state index < -0.39 is 6.23 Å². The van der Waals surface area contributed by atoms with Crippen molar-refractivity contribution in [3.8, 4) is 0 Å². The third kappa shape index (κ3) is 2.01. The van der Waals surface area contributed by atoms with Crippen LogP contribution in [0.3, 0.4) is 0 Å². The van der Waals surface area contributed by atoms with E-state index in [0.717, 1.165) is 24.7 Å². The van der Waals surface area contributed by atoms with Crippen LogP contribution in [-0.4, -0.2) is 24.4 Å². The Labute approximate surface area is 98.8 Å². The summed E-state index contributed by atoms with van der Waals surface area (Å²) in [6.07, 6.45) is 4.10. The molecule has 0 aromatic heterocycles. The molecular weight excluding hydrogens is 200 g/mol. The molecular formula is C13H26N2O. The van der Waals surface area contributed by atoms with Gasteiger partial charge in [-0.15, -0.1) is 0 Å². The lowest BCUT2D eigenvalue weighted by Crippen LogP contribution is -2.53. The third-order valence-corrected chi connectivity index (χ3v) is 4.99. The number of fused-ring (bicyclic) bond motifs is 2. The van der Waals surface area contributed by atoms with E-state index in [9.17, 15) is 5.11 Å². The Bertz CT molecular complexity index is 254. The summed E-state index contributed by atoms with van der Waals surface area (Å²) >= 11 is 0. The summed E-state index contributed by atoms with van der Waals surface area (Å²) in [5.74, 6) is 2.21. The Morgan fingerprint density at radius 1 is 1.38 bits per heavy atom. The van der Waals surface area contributed by atoms with Crippen LogP contribution >= 0.6 is 0 Å². The first-order valence-electron chi connectivity index (χ1n) is 6.57. The molecule has 3 nitrogen and oxygen atoms in total. The highest BCUT2D eigenvalue weighted by atomic mass is 16.3. The Morgan fingerprint density at radius 2 is 2.06 bits per heavy atom. The molecule has 2 aliphatic carbocycles. The van der Waals surface area contributed by atoms with E-state index in [-0.39, 0.29) is 5.41 Å². The Morgan fingerprint density at radius 3 is 2.62 bits per heavy atom. The molecule has 94 valence electrons. The van der Waals surface area contributed by atoms with Gasteiger partial charge < -0.3 is 16.2 Å². The maximum atomic E-state index is 9.77. The van der Waals surface area contributed by atoms with Crippen molar-refractivity contribution in [3.63, 3.8) is 0 Å². The number of nitrogens with one attached hydrogen (secondary N) is 1. The van der Waals surface area contributed by atoms with Gasteiger partial charge >= 0.3 is 0 Å². The van der Waals surface area contributed by atoms with Gasteiger partial charge in [-0.05, 0) is 50.5 Å². The molecule has 2 rings (SSSR count). The van der Waals surface area contributed by atoms with Gasteiger partial charge in [0.15, 0.2) is 0 Å². The summed E-state index contributed by atoms with van der Waals surface area (Å²) < 4.78 is 0. The smallest absolute Gasteiger partial charge is 0.107 e. The minimum absolute atomic E-state index is 0.0666. The van der Waals surface area contributed by atoms with Crippen molar-refractivity contribution in [3.05, 3.63) is 0 Å². The average molecular weight is 226 g/mol. The van der Waals surface area contributed by atoms with Gasteiger partial charge in [0, 0.05) is 11.5 Å². The maximum Gasteiger partial charge on any atom is 0.107 e. The third-order valence-electron chi connectivity index (χ3n) is 4.99. The van der Waals surface area contributed by atoms with Gasteiger partial charge in [-0.2, -0.15) is 0 Å². The van der Waals surface area contributed by atoms with Crippen LogP contribution in [0.25, 0.3) is 0 Å². The van der Waals surface area contributed by atoms with Gasteiger partial charge in [0.25, 0.3) is 0 Å². The van der Waals surface area contributed by atoms with E-state index in [1.54, 1.807) is 0 Å². The van der Waals surface area contributed by atoms with Gasteiger partial charge in [0.2, 0.25) is 0 Å². The normalized spacial score (nSPS) is 50.1. The zero-order chi connectivity index (χ0) is 11.9. The predicted octanol–water partition coefficient (Wildman–Crippen LogP) is 1.31. The molecule has 0 aromatic rings. The molecule has 2 bridgehead atoms. The van der Waals surface area contributed by atoms with Gasteiger partial charge in [0.05, 0.1) is 0 Å². The molecule has 4 N–H and O–H groups in total. The summed E-state index contributed by atoms with van der Waals surface area (Å²) in [6.45, 7) is 4.50. The fraction of sp³-hybridized carbons (Fsp3) is 1.00. The minimum atomic E-state index is -0.663. The van der Waals surface area contributed by atoms with E-state index in [2.05, 4.69) is 26.2 Å². The molecule has 0 aromatic carbocycles. The summed E-state index contributed by atoms with van der Waals surface area (Å²) in [7, 11) is 2.06. The van der Waals surface area contributed by atoms with Crippen molar-refractivity contribution >= 4 is 0 Å². The second-order valence-electron chi connectivity index (χ2n) is 6.40. The summed E-state index contributed by atoms with van der Waals surface area (Å²) in [6, 6.07) is 0.606. The molecule has 0 aliphatic heterocycles. The molecule has 0 saturated heterocycles. The fourth-order valence-corrected chi connectivity index (χ4v) is 4.29. The highest BCUT2D eigenvalue weighted by Crippen LogP contribution is 2.50. The van der Waals surface area contributed by atoms with Crippen LogP contribution in [0.1, 0.15) is 39.5 Å². The molecule has 3 heteroatoms. The van der Waals surface area contributed by atoms with Crippen molar-refractivity contribution in [1.82, 2.24) is 5.32 Å². The van der Waals surface area contributed by atoms with Crippen LogP contribution in [0.15, 0.2) is 0 Å². The van der Waals surface area contributed by atoms with Crippen molar-refractivity contribution in [2.24, 2.45) is 28.9 Å². The molecule has 0 amide bonds. The molecule has 0 radical (unpaired) electrons. The van der Waals surface area contributed by atoms with Crippen LogP contribution in [0, 0.1) is 23.2 Å². The molecule has 6 atom stereocenters. The first-order valence-corrected chi connectivity index (χ1v) is 6.57. The van der Waals surface area contributed by atoms with Gasteiger partial charge in [-0.25, -0.2) is 0 Å². The van der Waals surface area contributed by atoms with Gasteiger partial charge in [0.1, 0.15) is 6.23 Å². The van der Waals surface area contributed by atoms with Crippen molar-refractivity contribution < 1.29 is 5.11 Å². The van der Waals surface area contributed by atoms with Crippen molar-refractivity contribution in [2.75, 3.05) is 7.05 Å². The minimum Gasteiger partial charge on any atom is -0.378 e. The molecule has 0 spiro atoms. The maximum absolute atomic E-state index is 9.77. The van der Waals surface area contributed by atoms with Gasteiger partial charge in [-0.1, -0.05) is 13.8 Å². The van der Waals surface area contributed by atoms with Crippen LogP contribution < -0.4 is 11.1 Å². The molecule has 2 aliphatic rings. The lowest BCUT2D eigenvalue weighted by Gasteiger charge is -2.51. The summed E-state index contributed by atoms with van der Waals surface area (Å²) in [4.78, 5) is 0. The molecule has 2 fully saturated rings. The van der Waals surface area contributed by atoms with E-state index in [1.165, 1.54) is 12.8 Å². The molecule has 16 heavy (non-hydrogen) atoms. The van der Waals surface area contributed by atoms with Gasteiger partial charge in [-0.3, -0.25) is 0 Å². The lowest BCUT2D eigenvalue weighted by atomic mass is 9.57. The predicted molar refractivity (Wildman–Crippen MR) is 65.8 cm³/mol. The number of aliphatic hydroxyl groups is 1. The van der Waals surface area contributed by atoms with E-state index in [0.29, 0.717) is 12.0 Å². The van der Waals surface area contributed by atoms with Crippen molar-refractivity contribution in [1.29, 1.82) is 0 Å². The number of hydrogen-bond donors (Lipinski definition) is 3. The highest BCUT2D eigenvalue weighted by Gasteiger charge is 2.47. The fourth-order valence-electron chi connectivity index (χ4n) is 4.29. The number of hydrogen-bond acceptors (Lipinski definition) is 3. The second-order valence-corrected chi connectivity index (χ2v) is 6.40. The summed E-state index contributed by atoms with van der Waals surface area (Å²) in [5, 5.41) is 13.2. The number of aliphatic hydroxyl groups excluding tert-OH is 1. The van der Waals surface area contributed by atoms with Crippen LogP contribution in [0.2, 0.25) is 0 Å². The van der Waals surface area contributed by atoms with Crippen LogP contribution in [-0.2, 0) is 0 Å². The van der Waals surface area contributed by atoms with E-state index in [1.807, 2.05) is 0 Å². The molecule has 0 heterocycles. The zero-order valence-electron chi connectivity index (χ0n) is 10.7. The first-order chi connectivity index (χ1) is 7.46. The number of rotatable bonds is 2. The first kappa shape index (κ1) is 12.3. The van der Waals surface area contributed by atoms with E-state index >= 15 is 0 Å². The monoisotopic (exact) mass is 226 g/mol. The summed E-state index contributed by atoms with van der Waals surface area (Å²) in [5.41, 5.74) is 5.69. The van der Waals surface area contributed by atoms with Crippen LogP contribution in [0.5, 0.6) is 0 Å². The average Bonchev–Trinajstić information content (AvgIpc) is 2.16. The Balaban J connectivity index is 2.15. The van der Waals surface area contributed by atoms with Crippen molar-refractivity contribution in [2.45, 2.75) is 51.8 Å².